The van der Waals surface area contributed by atoms with E-state index in [4.69, 9.17) is 16.3 Å². The summed E-state index contributed by atoms with van der Waals surface area (Å²) in [5.74, 6) is 1.68. The van der Waals surface area contributed by atoms with Crippen molar-refractivity contribution in [3.63, 3.8) is 0 Å². The maximum atomic E-state index is 8.33. The van der Waals surface area contributed by atoms with Crippen LogP contribution >= 0.6 is 0 Å². The molecule has 7 heteroatoms. The van der Waals surface area contributed by atoms with Crippen LogP contribution in [0.3, 0.4) is 0 Å². The molecule has 5 heterocycles. The Morgan fingerprint density at radius 1 is 0.642 bits per heavy atom. The molecule has 8 aromatic rings. The molecule has 6 aromatic carbocycles. The fraction of sp³-hybridized carbons (Fsp3) is 0.283. The summed E-state index contributed by atoms with van der Waals surface area (Å²) in [6, 6.07) is 51.2. The molecule has 0 radical (unpaired) electrons. The van der Waals surface area contributed by atoms with Crippen LogP contribution in [0.1, 0.15) is 105 Å². The average Bonchev–Trinajstić information content (AvgIpc) is 3.86. The van der Waals surface area contributed by atoms with E-state index in [0.29, 0.717) is 26.2 Å². The number of hydrogen-bond acceptors (Lipinski definition) is 2. The molecule has 342 valence electrons. The summed E-state index contributed by atoms with van der Waals surface area (Å²) in [5, 5.41) is 1.96. The predicted octanol–water partition coefficient (Wildman–Crippen LogP) is 16.4. The molecule has 3 aliphatic heterocycles. The SMILES string of the molecule is [C-]#[N+]c1cc2c3ccccc3n(-c3cc(C(C)(C)C)ccn3)c2[c-]c1Oc1[c-]c([N@@+]23[CH-][N@@+](c4cc(C(C)(C)C)cc(C(C)(C)C)c4)(C2)c2c(-c4cccc(C(C)(C)C)c4)cccc23)ccc1.[Pt]. The monoisotopic (exact) mass is 1060 g/mol. The normalized spacial score (nSPS) is 18.0. The van der Waals surface area contributed by atoms with E-state index in [1.165, 1.54) is 50.4 Å². The summed E-state index contributed by atoms with van der Waals surface area (Å²) in [6.07, 6.45) is 1.88. The molecule has 0 N–H and O–H groups in total. The van der Waals surface area contributed by atoms with Crippen molar-refractivity contribution in [3.8, 4) is 28.4 Å². The maximum absolute atomic E-state index is 8.33. The third-order valence-electron chi connectivity index (χ3n) is 13.8. The van der Waals surface area contributed by atoms with Gasteiger partial charge >= 0.3 is 0 Å². The second kappa shape index (κ2) is 15.9. The van der Waals surface area contributed by atoms with Gasteiger partial charge in [0.2, 0.25) is 5.69 Å². The van der Waals surface area contributed by atoms with Crippen molar-refractivity contribution in [2.24, 2.45) is 0 Å². The Kier molecular flexibility index (Phi) is 11.0. The van der Waals surface area contributed by atoms with Crippen LogP contribution in [0, 0.1) is 25.4 Å². The summed E-state index contributed by atoms with van der Waals surface area (Å²) in [6.45, 7) is 39.0. The zero-order valence-corrected chi connectivity index (χ0v) is 43.1. The number of nitrogens with zero attached hydrogens (tertiary/aromatic N) is 5. The van der Waals surface area contributed by atoms with E-state index in [0.717, 1.165) is 40.0 Å². The van der Waals surface area contributed by atoms with Crippen LogP contribution in [0.4, 0.5) is 28.4 Å². The first-order valence-electron chi connectivity index (χ1n) is 23.2. The van der Waals surface area contributed by atoms with Crippen LogP contribution in [0.25, 0.3) is 43.6 Å². The number of para-hydroxylation sites is 2. The summed E-state index contributed by atoms with van der Waals surface area (Å²) in [5.41, 5.74) is 14.4. The number of ether oxygens (including phenoxy) is 1. The molecule has 2 atom stereocenters. The van der Waals surface area contributed by atoms with E-state index in [1.54, 1.807) is 0 Å². The van der Waals surface area contributed by atoms with Gasteiger partial charge in [-0.05, 0) is 79.1 Å². The van der Waals surface area contributed by atoms with Crippen LogP contribution in [0.2, 0.25) is 0 Å². The van der Waals surface area contributed by atoms with E-state index in [1.807, 2.05) is 30.5 Å². The Hall–Kier alpha value is -5.83. The molecule has 11 rings (SSSR count). The number of pyridine rings is 1. The molecule has 1 fully saturated rings. The molecule has 67 heavy (non-hydrogen) atoms. The fourth-order valence-electron chi connectivity index (χ4n) is 10.00. The van der Waals surface area contributed by atoms with Gasteiger partial charge in [0.1, 0.15) is 23.8 Å². The minimum atomic E-state index is -0.0639. The summed E-state index contributed by atoms with van der Waals surface area (Å²) in [7, 11) is 0. The second-order valence-electron chi connectivity index (χ2n) is 22.6. The first kappa shape index (κ1) is 46.3. The van der Waals surface area contributed by atoms with Crippen LogP contribution in [0.5, 0.6) is 11.5 Å². The van der Waals surface area contributed by atoms with Crippen molar-refractivity contribution in [2.45, 2.75) is 105 Å². The Bertz CT molecular complexity index is 3270. The summed E-state index contributed by atoms with van der Waals surface area (Å²) < 4.78 is 10.0. The standard InChI is InChI=1S/C60H60N5O.Pt/c1-57(2,3)40-20-16-19-39(29-40)47-24-18-26-53-56(47)65(45-31-42(59(7,8)9)30-43(32-45)60(10,11)12)37-64(53,38-65)44-21-17-22-46(34-44)66-54-36-52-49(35-50(54)61-13)48-23-14-15-25-51(48)63(52)55-33-41(27-28-62-55)58(4,5)6;/h14-33,35,37H,38H2,1-12H3;/q-1;/t64-,65+;/m1./s1. The molecule has 6 nitrogen and oxygen atoms in total. The largest absolute Gasteiger partial charge is 0.501 e. The van der Waals surface area contributed by atoms with Crippen LogP contribution in [-0.2, 0) is 42.7 Å². The minimum Gasteiger partial charge on any atom is -0.501 e. The van der Waals surface area contributed by atoms with Crippen molar-refractivity contribution in [1.29, 1.82) is 0 Å². The Morgan fingerprint density at radius 2 is 1.28 bits per heavy atom. The number of quaternary nitrogens is 2. The van der Waals surface area contributed by atoms with Crippen molar-refractivity contribution in [1.82, 2.24) is 18.5 Å². The van der Waals surface area contributed by atoms with E-state index >= 15 is 0 Å². The van der Waals surface area contributed by atoms with E-state index < -0.39 is 0 Å². The van der Waals surface area contributed by atoms with Crippen molar-refractivity contribution >= 4 is 50.2 Å². The molecule has 2 aromatic heterocycles. The van der Waals surface area contributed by atoms with Gasteiger partial charge in [-0.15, -0.1) is 18.2 Å². The zero-order valence-electron chi connectivity index (χ0n) is 40.9. The Labute approximate surface area is 412 Å². The molecule has 0 saturated carbocycles. The molecule has 0 spiro atoms. The van der Waals surface area contributed by atoms with Gasteiger partial charge in [-0.1, -0.05) is 161 Å². The van der Waals surface area contributed by atoms with Crippen molar-refractivity contribution in [3.05, 3.63) is 180 Å². The molecule has 2 bridgehead atoms. The average molecular weight is 1060 g/mol. The van der Waals surface area contributed by atoms with Gasteiger partial charge in [-0.25, -0.2) is 9.83 Å². The van der Waals surface area contributed by atoms with Crippen molar-refractivity contribution in [2.75, 3.05) is 6.67 Å². The number of fused-ring (bicyclic) bond motifs is 3. The number of aromatic nitrogens is 2. The second-order valence-corrected chi connectivity index (χ2v) is 22.6. The molecule has 1 saturated heterocycles. The quantitative estimate of drug-likeness (QED) is 0.123. The zero-order chi connectivity index (χ0) is 46.8. The van der Waals surface area contributed by atoms with Gasteiger partial charge in [0, 0.05) is 68.0 Å². The maximum Gasteiger partial charge on any atom is 0.249 e. The van der Waals surface area contributed by atoms with Crippen LogP contribution < -0.4 is 13.7 Å². The molecule has 0 amide bonds. The van der Waals surface area contributed by atoms with E-state index in [9.17, 15) is 0 Å². The van der Waals surface area contributed by atoms with Crippen LogP contribution in [-0.4, -0.2) is 16.2 Å². The van der Waals surface area contributed by atoms with Gasteiger partial charge in [-0.2, -0.15) is 6.07 Å². The minimum absolute atomic E-state index is 0. The van der Waals surface area contributed by atoms with Gasteiger partial charge in [0.15, 0.2) is 18.0 Å². The Balaban J connectivity index is 0.00000562. The van der Waals surface area contributed by atoms with E-state index in [2.05, 4.69) is 208 Å². The smallest absolute Gasteiger partial charge is 0.249 e. The van der Waals surface area contributed by atoms with E-state index in [-0.39, 0.29) is 42.7 Å². The van der Waals surface area contributed by atoms with Gasteiger partial charge in [-0.3, -0.25) is 4.48 Å². The first-order valence-corrected chi connectivity index (χ1v) is 23.2. The molecule has 0 aliphatic carbocycles. The molecular weight excluding hydrogens is 1000 g/mol. The Morgan fingerprint density at radius 3 is 1.96 bits per heavy atom. The van der Waals surface area contributed by atoms with Gasteiger partial charge in [0.05, 0.1) is 6.67 Å². The number of hydrogen-bond donors (Lipinski definition) is 0. The first-order chi connectivity index (χ1) is 31.1. The third-order valence-corrected chi connectivity index (χ3v) is 13.8. The summed E-state index contributed by atoms with van der Waals surface area (Å²) in [4.78, 5) is 8.86. The number of rotatable bonds is 6. The van der Waals surface area contributed by atoms with Gasteiger partial charge in [0.25, 0.3) is 0 Å². The topological polar surface area (TPSA) is 31.4 Å². The summed E-state index contributed by atoms with van der Waals surface area (Å²) >= 11 is 0. The molecular formula is C60H60N5OPt-. The number of benzene rings is 6. The van der Waals surface area contributed by atoms with Crippen LogP contribution in [0.15, 0.2) is 128 Å². The molecule has 3 aliphatic rings. The van der Waals surface area contributed by atoms with Gasteiger partial charge < -0.3 is 13.8 Å². The third kappa shape index (κ3) is 7.65. The molecule has 0 unspecified atom stereocenters. The predicted molar refractivity (Wildman–Crippen MR) is 274 cm³/mol. The van der Waals surface area contributed by atoms with Crippen molar-refractivity contribution < 1.29 is 25.8 Å². The fourth-order valence-corrected chi connectivity index (χ4v) is 10.00.